The molecule has 1 aromatic carbocycles. The molecule has 3 rings (SSSR count). The first-order chi connectivity index (χ1) is 11.6. The summed E-state index contributed by atoms with van der Waals surface area (Å²) < 4.78 is 7.56. The van der Waals surface area contributed by atoms with Crippen LogP contribution in [0.15, 0.2) is 36.5 Å². The number of ether oxygens (including phenoxy) is 1. The van der Waals surface area contributed by atoms with Gasteiger partial charge in [-0.05, 0) is 23.6 Å². The van der Waals surface area contributed by atoms with Gasteiger partial charge in [0.25, 0.3) is 0 Å². The molecule has 0 radical (unpaired) electrons. The van der Waals surface area contributed by atoms with Crippen LogP contribution in [0.5, 0.6) is 0 Å². The van der Waals surface area contributed by atoms with Gasteiger partial charge < -0.3 is 14.4 Å². The maximum absolute atomic E-state index is 10.2. The quantitative estimate of drug-likeness (QED) is 0.520. The first-order valence-corrected chi connectivity index (χ1v) is 8.37. The Morgan fingerprint density at radius 2 is 1.96 bits per heavy atom. The molecule has 0 amide bonds. The number of fused-ring (bicyclic) bond motifs is 1. The molecule has 24 heavy (non-hydrogen) atoms. The van der Waals surface area contributed by atoms with Gasteiger partial charge in [0.2, 0.25) is 5.28 Å². The smallest absolute Gasteiger partial charge is 0.224 e. The largest absolute Gasteiger partial charge is 0.388 e. The van der Waals surface area contributed by atoms with Crippen LogP contribution in [0.4, 0.5) is 0 Å². The summed E-state index contributed by atoms with van der Waals surface area (Å²) in [5.74, 6) is 0. The van der Waals surface area contributed by atoms with Crippen LogP contribution in [0.3, 0.4) is 0 Å². The van der Waals surface area contributed by atoms with Crippen LogP contribution in [-0.2, 0) is 18.1 Å². The Morgan fingerprint density at radius 3 is 2.67 bits per heavy atom. The summed E-state index contributed by atoms with van der Waals surface area (Å²) in [7, 11) is 0. The van der Waals surface area contributed by atoms with E-state index >= 15 is 0 Å². The van der Waals surface area contributed by atoms with Crippen LogP contribution in [0.1, 0.15) is 30.6 Å². The second-order valence-corrected chi connectivity index (χ2v) is 6.12. The summed E-state index contributed by atoms with van der Waals surface area (Å²) in [6.07, 6.45) is 1.70. The molecule has 0 saturated carbocycles. The molecule has 0 saturated heterocycles. The topological polar surface area (TPSA) is 60.2 Å². The van der Waals surface area contributed by atoms with Crippen LogP contribution in [0, 0.1) is 0 Å². The van der Waals surface area contributed by atoms with Crippen molar-refractivity contribution >= 4 is 34.2 Å². The molecule has 2 aromatic heterocycles. The number of nitrogens with zero attached hydrogens (tertiary/aromatic N) is 3. The summed E-state index contributed by atoms with van der Waals surface area (Å²) in [5.41, 5.74) is 2.91. The fourth-order valence-corrected chi connectivity index (χ4v) is 3.04. The number of benzene rings is 1. The van der Waals surface area contributed by atoms with Gasteiger partial charge in [-0.25, -0.2) is 9.97 Å². The predicted molar refractivity (Wildman–Crippen MR) is 94.0 cm³/mol. The Labute approximate surface area is 149 Å². The highest BCUT2D eigenvalue weighted by atomic mass is 35.5. The molecule has 0 fully saturated rings. The molecule has 126 valence electrons. The Bertz CT molecular complexity index is 837. The van der Waals surface area contributed by atoms with Crippen molar-refractivity contribution in [2.24, 2.45) is 0 Å². The van der Waals surface area contributed by atoms with Crippen LogP contribution in [-0.4, -0.2) is 19.6 Å². The molecule has 1 atom stereocenters. The molecule has 5 nitrogen and oxygen atoms in total. The van der Waals surface area contributed by atoms with E-state index in [0.29, 0.717) is 29.6 Å². The molecule has 1 unspecified atom stereocenters. The van der Waals surface area contributed by atoms with E-state index in [0.717, 1.165) is 5.56 Å². The standard InChI is InChI=1S/C17H17Cl2N3O2/c1-2-13(23)12-8-22(10-24-9-11-6-4-3-5-7-11)15-14(12)20-17(19)21-16(15)18/h3-8,13,23H,2,9-10H2,1H3. The van der Waals surface area contributed by atoms with Crippen molar-refractivity contribution in [3.05, 3.63) is 58.1 Å². The van der Waals surface area contributed by atoms with E-state index in [1.165, 1.54) is 0 Å². The van der Waals surface area contributed by atoms with E-state index in [1.54, 1.807) is 10.8 Å². The Kier molecular flexibility index (Phi) is 5.36. The highest BCUT2D eigenvalue weighted by molar-refractivity contribution is 6.35. The number of rotatable bonds is 6. The molecule has 7 heteroatoms. The lowest BCUT2D eigenvalue weighted by molar-refractivity contribution is 0.0663. The van der Waals surface area contributed by atoms with Crippen molar-refractivity contribution in [2.45, 2.75) is 32.8 Å². The Balaban J connectivity index is 1.89. The molecular formula is C17H17Cl2N3O2. The minimum absolute atomic E-state index is 0.0556. The Morgan fingerprint density at radius 1 is 1.21 bits per heavy atom. The molecule has 0 spiro atoms. The van der Waals surface area contributed by atoms with Crippen LogP contribution >= 0.6 is 23.2 Å². The number of halogens is 2. The summed E-state index contributed by atoms with van der Waals surface area (Å²) in [4.78, 5) is 8.21. The summed E-state index contributed by atoms with van der Waals surface area (Å²) in [5, 5.41) is 10.5. The third kappa shape index (κ3) is 3.54. The van der Waals surface area contributed by atoms with Gasteiger partial charge in [-0.15, -0.1) is 0 Å². The molecule has 0 aliphatic carbocycles. The molecule has 0 aliphatic heterocycles. The van der Waals surface area contributed by atoms with Gasteiger partial charge in [0.15, 0.2) is 5.15 Å². The average Bonchev–Trinajstić information content (AvgIpc) is 2.94. The first-order valence-electron chi connectivity index (χ1n) is 7.61. The lowest BCUT2D eigenvalue weighted by Crippen LogP contribution is -2.02. The number of hydrogen-bond donors (Lipinski definition) is 1. The first kappa shape index (κ1) is 17.2. The van der Waals surface area contributed by atoms with E-state index in [9.17, 15) is 5.11 Å². The van der Waals surface area contributed by atoms with Gasteiger partial charge >= 0.3 is 0 Å². The molecule has 2 heterocycles. The summed E-state index contributed by atoms with van der Waals surface area (Å²) >= 11 is 12.1. The van der Waals surface area contributed by atoms with Gasteiger partial charge in [0, 0.05) is 11.8 Å². The minimum atomic E-state index is -0.648. The predicted octanol–water partition coefficient (Wildman–Crippen LogP) is 4.36. The van der Waals surface area contributed by atoms with E-state index in [2.05, 4.69) is 9.97 Å². The maximum Gasteiger partial charge on any atom is 0.224 e. The van der Waals surface area contributed by atoms with Crippen molar-refractivity contribution in [1.29, 1.82) is 0 Å². The highest BCUT2D eigenvalue weighted by Crippen LogP contribution is 2.31. The van der Waals surface area contributed by atoms with E-state index in [4.69, 9.17) is 27.9 Å². The van der Waals surface area contributed by atoms with Gasteiger partial charge in [0.1, 0.15) is 17.8 Å². The van der Waals surface area contributed by atoms with Crippen molar-refractivity contribution < 1.29 is 9.84 Å². The molecule has 0 bridgehead atoms. The normalized spacial score (nSPS) is 12.7. The number of aliphatic hydroxyl groups excluding tert-OH is 1. The second-order valence-electron chi connectivity index (χ2n) is 5.42. The van der Waals surface area contributed by atoms with Gasteiger partial charge in [-0.3, -0.25) is 0 Å². The number of aromatic nitrogens is 3. The lowest BCUT2D eigenvalue weighted by Gasteiger charge is -2.07. The Hall–Kier alpha value is -1.66. The molecule has 3 aromatic rings. The maximum atomic E-state index is 10.2. The minimum Gasteiger partial charge on any atom is -0.388 e. The molecule has 0 aliphatic rings. The summed E-state index contributed by atoms with van der Waals surface area (Å²) in [6.45, 7) is 2.63. The zero-order valence-corrected chi connectivity index (χ0v) is 14.6. The fraction of sp³-hybridized carbons (Fsp3) is 0.294. The zero-order valence-electron chi connectivity index (χ0n) is 13.1. The fourth-order valence-electron chi connectivity index (χ4n) is 2.55. The number of aliphatic hydroxyl groups is 1. The average molecular weight is 366 g/mol. The van der Waals surface area contributed by atoms with Gasteiger partial charge in [-0.2, -0.15) is 0 Å². The van der Waals surface area contributed by atoms with E-state index in [1.807, 2.05) is 37.3 Å². The number of hydrogen-bond acceptors (Lipinski definition) is 4. The molecule has 1 N–H and O–H groups in total. The van der Waals surface area contributed by atoms with Crippen molar-refractivity contribution in [3.63, 3.8) is 0 Å². The van der Waals surface area contributed by atoms with Crippen LogP contribution in [0.25, 0.3) is 11.0 Å². The van der Waals surface area contributed by atoms with Crippen molar-refractivity contribution in [3.8, 4) is 0 Å². The monoisotopic (exact) mass is 365 g/mol. The van der Waals surface area contributed by atoms with Crippen LogP contribution < -0.4 is 0 Å². The van der Waals surface area contributed by atoms with Crippen molar-refractivity contribution in [1.82, 2.24) is 14.5 Å². The van der Waals surface area contributed by atoms with E-state index < -0.39 is 6.10 Å². The summed E-state index contributed by atoms with van der Waals surface area (Å²) in [6, 6.07) is 9.88. The van der Waals surface area contributed by atoms with Crippen LogP contribution in [0.2, 0.25) is 10.4 Å². The third-order valence-corrected chi connectivity index (χ3v) is 4.19. The SMILES string of the molecule is CCC(O)c1cn(COCc2ccccc2)c2c(Cl)nc(Cl)nc12. The van der Waals surface area contributed by atoms with Gasteiger partial charge in [-0.1, -0.05) is 48.9 Å². The highest BCUT2D eigenvalue weighted by Gasteiger charge is 2.19. The second kappa shape index (κ2) is 7.49. The van der Waals surface area contributed by atoms with Gasteiger partial charge in [0.05, 0.1) is 12.7 Å². The van der Waals surface area contributed by atoms with E-state index in [-0.39, 0.29) is 17.2 Å². The molecular weight excluding hydrogens is 349 g/mol. The third-order valence-electron chi connectivity index (χ3n) is 3.76. The zero-order chi connectivity index (χ0) is 17.1. The van der Waals surface area contributed by atoms with Crippen molar-refractivity contribution in [2.75, 3.05) is 0 Å². The lowest BCUT2D eigenvalue weighted by atomic mass is 10.1.